The van der Waals surface area contributed by atoms with Crippen LogP contribution < -0.4 is 0 Å². The van der Waals surface area contributed by atoms with Crippen molar-refractivity contribution in [2.24, 2.45) is 0 Å². The molecule has 2 atom stereocenters. The quantitative estimate of drug-likeness (QED) is 0.779. The minimum atomic E-state index is -0.291. The van der Waals surface area contributed by atoms with Crippen LogP contribution in [0.15, 0.2) is 30.3 Å². The molecule has 0 heterocycles. The first-order chi connectivity index (χ1) is 6.68. The van der Waals surface area contributed by atoms with Crippen LogP contribution in [-0.4, -0.2) is 17.3 Å². The Labute approximate surface area is 85.5 Å². The van der Waals surface area contributed by atoms with E-state index < -0.39 is 0 Å². The van der Waals surface area contributed by atoms with E-state index in [9.17, 15) is 0 Å². The zero-order valence-corrected chi connectivity index (χ0v) is 8.81. The van der Waals surface area contributed by atoms with E-state index in [-0.39, 0.29) is 12.2 Å². The second-order valence-electron chi connectivity index (χ2n) is 3.69. The number of rotatable bonds is 5. The molecule has 78 valence electrons. The van der Waals surface area contributed by atoms with E-state index in [0.717, 1.165) is 0 Å². The summed E-state index contributed by atoms with van der Waals surface area (Å²) in [4.78, 5) is 0. The van der Waals surface area contributed by atoms with E-state index in [1.807, 2.05) is 37.3 Å². The van der Waals surface area contributed by atoms with Crippen molar-refractivity contribution in [3.05, 3.63) is 35.9 Å². The first-order valence-corrected chi connectivity index (χ1v) is 5.02. The van der Waals surface area contributed by atoms with E-state index in [1.54, 1.807) is 6.92 Å². The molecule has 0 saturated heterocycles. The largest absolute Gasteiger partial charge is 0.393 e. The zero-order valence-electron chi connectivity index (χ0n) is 8.81. The first kappa shape index (κ1) is 11.2. The summed E-state index contributed by atoms with van der Waals surface area (Å²) < 4.78 is 5.58. The molecule has 0 amide bonds. The number of hydrogen-bond donors (Lipinski definition) is 1. The standard InChI is InChI=1S/C12H18O2/c1-10(13)8-11(2)14-9-12-6-4-3-5-7-12/h3-7,10-11,13H,8-9H2,1-2H3. The molecule has 0 aliphatic rings. The Balaban J connectivity index is 2.27. The van der Waals surface area contributed by atoms with Crippen LogP contribution in [0.1, 0.15) is 25.8 Å². The molecule has 0 aliphatic carbocycles. The van der Waals surface area contributed by atoms with Gasteiger partial charge >= 0.3 is 0 Å². The molecule has 0 aromatic heterocycles. The number of aliphatic hydroxyl groups excluding tert-OH is 1. The molecule has 0 fully saturated rings. The predicted octanol–water partition coefficient (Wildman–Crippen LogP) is 2.36. The van der Waals surface area contributed by atoms with Crippen molar-refractivity contribution < 1.29 is 9.84 Å². The van der Waals surface area contributed by atoms with E-state index >= 15 is 0 Å². The molecule has 1 aromatic rings. The Morgan fingerprint density at radius 2 is 1.86 bits per heavy atom. The van der Waals surface area contributed by atoms with Gasteiger partial charge in [0.05, 0.1) is 18.8 Å². The van der Waals surface area contributed by atoms with Crippen LogP contribution in [-0.2, 0) is 11.3 Å². The summed E-state index contributed by atoms with van der Waals surface area (Å²) in [5, 5.41) is 9.14. The van der Waals surface area contributed by atoms with Gasteiger partial charge in [-0.3, -0.25) is 0 Å². The van der Waals surface area contributed by atoms with Crippen LogP contribution in [0.25, 0.3) is 0 Å². The van der Waals surface area contributed by atoms with Gasteiger partial charge in [-0.2, -0.15) is 0 Å². The highest BCUT2D eigenvalue weighted by Crippen LogP contribution is 2.07. The van der Waals surface area contributed by atoms with E-state index in [4.69, 9.17) is 9.84 Å². The zero-order chi connectivity index (χ0) is 10.4. The maximum absolute atomic E-state index is 9.14. The SMILES string of the molecule is CC(O)CC(C)OCc1ccccc1. The third kappa shape index (κ3) is 4.40. The molecule has 0 aliphatic heterocycles. The molecule has 1 aromatic carbocycles. The highest BCUT2D eigenvalue weighted by molar-refractivity contribution is 5.13. The summed E-state index contributed by atoms with van der Waals surface area (Å²) in [6.07, 6.45) is 0.503. The van der Waals surface area contributed by atoms with Crippen molar-refractivity contribution in [1.82, 2.24) is 0 Å². The van der Waals surface area contributed by atoms with Gasteiger partial charge in [-0.05, 0) is 25.8 Å². The fourth-order valence-corrected chi connectivity index (χ4v) is 1.36. The molecule has 0 bridgehead atoms. The van der Waals surface area contributed by atoms with Crippen molar-refractivity contribution in [1.29, 1.82) is 0 Å². The summed E-state index contributed by atoms with van der Waals surface area (Å²) >= 11 is 0. The highest BCUT2D eigenvalue weighted by Gasteiger charge is 2.05. The lowest BCUT2D eigenvalue weighted by Crippen LogP contribution is -2.15. The van der Waals surface area contributed by atoms with Gasteiger partial charge in [0.25, 0.3) is 0 Å². The van der Waals surface area contributed by atoms with Gasteiger partial charge in [0.2, 0.25) is 0 Å². The van der Waals surface area contributed by atoms with Gasteiger partial charge in [-0.1, -0.05) is 30.3 Å². The summed E-state index contributed by atoms with van der Waals surface area (Å²) in [6.45, 7) is 4.38. The van der Waals surface area contributed by atoms with Crippen molar-refractivity contribution >= 4 is 0 Å². The van der Waals surface area contributed by atoms with Gasteiger partial charge in [0.15, 0.2) is 0 Å². The van der Waals surface area contributed by atoms with Crippen molar-refractivity contribution in [3.8, 4) is 0 Å². The van der Waals surface area contributed by atoms with Gasteiger partial charge in [-0.15, -0.1) is 0 Å². The van der Waals surface area contributed by atoms with E-state index in [2.05, 4.69) is 0 Å². The molecule has 14 heavy (non-hydrogen) atoms. The molecule has 1 rings (SSSR count). The van der Waals surface area contributed by atoms with Crippen LogP contribution in [0.3, 0.4) is 0 Å². The minimum absolute atomic E-state index is 0.107. The monoisotopic (exact) mass is 194 g/mol. The highest BCUT2D eigenvalue weighted by atomic mass is 16.5. The summed E-state index contributed by atoms with van der Waals surface area (Å²) in [6, 6.07) is 10.1. The fourth-order valence-electron chi connectivity index (χ4n) is 1.36. The van der Waals surface area contributed by atoms with Gasteiger partial charge < -0.3 is 9.84 Å². The predicted molar refractivity (Wildman–Crippen MR) is 57.0 cm³/mol. The van der Waals surface area contributed by atoms with Gasteiger partial charge in [0.1, 0.15) is 0 Å². The summed E-state index contributed by atoms with van der Waals surface area (Å²) in [7, 11) is 0. The Morgan fingerprint density at radius 3 is 2.43 bits per heavy atom. The molecule has 0 spiro atoms. The Hall–Kier alpha value is -0.860. The van der Waals surface area contributed by atoms with Gasteiger partial charge in [-0.25, -0.2) is 0 Å². The summed E-state index contributed by atoms with van der Waals surface area (Å²) in [5.74, 6) is 0. The second-order valence-corrected chi connectivity index (χ2v) is 3.69. The van der Waals surface area contributed by atoms with Crippen LogP contribution in [0, 0.1) is 0 Å². The van der Waals surface area contributed by atoms with Crippen LogP contribution in [0.2, 0.25) is 0 Å². The average Bonchev–Trinajstić information content (AvgIpc) is 2.15. The normalized spacial score (nSPS) is 15.1. The second kappa shape index (κ2) is 5.78. The molecule has 2 heteroatoms. The fraction of sp³-hybridized carbons (Fsp3) is 0.500. The molecule has 2 nitrogen and oxygen atoms in total. The Kier molecular flexibility index (Phi) is 4.63. The van der Waals surface area contributed by atoms with Crippen LogP contribution >= 0.6 is 0 Å². The third-order valence-electron chi connectivity index (χ3n) is 2.05. The lowest BCUT2D eigenvalue weighted by molar-refractivity contribution is 0.0191. The minimum Gasteiger partial charge on any atom is -0.393 e. The van der Waals surface area contributed by atoms with Crippen molar-refractivity contribution in [2.45, 2.75) is 39.1 Å². The number of hydrogen-bond acceptors (Lipinski definition) is 2. The number of ether oxygens (including phenoxy) is 1. The average molecular weight is 194 g/mol. The molecule has 0 saturated carbocycles. The van der Waals surface area contributed by atoms with Crippen LogP contribution in [0.4, 0.5) is 0 Å². The molecule has 2 unspecified atom stereocenters. The lowest BCUT2D eigenvalue weighted by atomic mass is 10.2. The van der Waals surface area contributed by atoms with Crippen LogP contribution in [0.5, 0.6) is 0 Å². The molecular formula is C12H18O2. The van der Waals surface area contributed by atoms with Crippen molar-refractivity contribution in [2.75, 3.05) is 0 Å². The maximum Gasteiger partial charge on any atom is 0.0720 e. The smallest absolute Gasteiger partial charge is 0.0720 e. The first-order valence-electron chi connectivity index (χ1n) is 5.02. The number of benzene rings is 1. The maximum atomic E-state index is 9.14. The van der Waals surface area contributed by atoms with Gasteiger partial charge in [0, 0.05) is 0 Å². The third-order valence-corrected chi connectivity index (χ3v) is 2.05. The lowest BCUT2D eigenvalue weighted by Gasteiger charge is -2.14. The van der Waals surface area contributed by atoms with E-state index in [0.29, 0.717) is 13.0 Å². The molecule has 0 radical (unpaired) electrons. The van der Waals surface area contributed by atoms with Crippen molar-refractivity contribution in [3.63, 3.8) is 0 Å². The molecule has 1 N–H and O–H groups in total. The Bertz CT molecular complexity index is 244. The summed E-state index contributed by atoms with van der Waals surface area (Å²) in [5.41, 5.74) is 1.17. The number of aliphatic hydroxyl groups is 1. The Morgan fingerprint density at radius 1 is 1.21 bits per heavy atom. The van der Waals surface area contributed by atoms with E-state index in [1.165, 1.54) is 5.56 Å². The molecular weight excluding hydrogens is 176 g/mol. The topological polar surface area (TPSA) is 29.5 Å².